The van der Waals surface area contributed by atoms with Crippen molar-refractivity contribution in [2.24, 2.45) is 5.73 Å². The third kappa shape index (κ3) is 18.9. The number of Topliss-reactive ketones (excluding diaryl/α,β-unsaturated/α-hetero) is 2. The van der Waals surface area contributed by atoms with Gasteiger partial charge in [-0.05, 0) is 155 Å². The van der Waals surface area contributed by atoms with Crippen molar-refractivity contribution in [3.05, 3.63) is 156 Å². The number of benzene rings is 6. The summed E-state index contributed by atoms with van der Waals surface area (Å²) in [6, 6.07) is 38.3. The SMILES string of the molecule is CCC(C)(C)c1ccc(Oc2cccc(C(=O)C(C)(C)NCC(=O)C(C)(C)NCCCCC(NC(=O)COCCOCCNC(=O)c3ccccc3Nc3ccc(-c4ccc(Oc5ccccc5C(=O)O)c(OC)c4)cc3OC)C(N)=O)c2)cc1. The van der Waals surface area contributed by atoms with Gasteiger partial charge in [-0.25, -0.2) is 4.79 Å². The fourth-order valence-electron chi connectivity index (χ4n) is 8.88. The van der Waals surface area contributed by atoms with Gasteiger partial charge in [-0.3, -0.25) is 29.3 Å². The average Bonchev–Trinajstić information content (AvgIpc) is 2.98. The van der Waals surface area contributed by atoms with Gasteiger partial charge in [0.2, 0.25) is 11.8 Å². The number of nitrogens with one attached hydrogen (secondary N) is 5. The van der Waals surface area contributed by atoms with E-state index in [1.54, 1.807) is 114 Å². The second-order valence-corrected chi connectivity index (χ2v) is 22.0. The first-order chi connectivity index (χ1) is 40.5. The van der Waals surface area contributed by atoms with Gasteiger partial charge in [-0.2, -0.15) is 0 Å². The maximum absolute atomic E-state index is 13.7. The first kappa shape index (κ1) is 65.5. The summed E-state index contributed by atoms with van der Waals surface area (Å²) in [7, 11) is 3.04. The van der Waals surface area contributed by atoms with Crippen LogP contribution in [0, 0.1) is 0 Å². The molecule has 452 valence electrons. The third-order valence-electron chi connectivity index (χ3n) is 14.6. The zero-order valence-electron chi connectivity index (χ0n) is 50.0. The van der Waals surface area contributed by atoms with Crippen LogP contribution in [0.15, 0.2) is 133 Å². The van der Waals surface area contributed by atoms with Gasteiger partial charge in [0.25, 0.3) is 5.91 Å². The maximum atomic E-state index is 13.7. The van der Waals surface area contributed by atoms with Crippen molar-refractivity contribution in [3.63, 3.8) is 0 Å². The fraction of sp³-hybridized carbons (Fsp3) is 0.364. The molecule has 1 atom stereocenters. The Labute approximate surface area is 497 Å². The highest BCUT2D eigenvalue weighted by Gasteiger charge is 2.33. The molecule has 19 heteroatoms. The Morgan fingerprint density at radius 1 is 0.600 bits per heavy atom. The monoisotopic (exact) mass is 1160 g/mol. The van der Waals surface area contributed by atoms with E-state index in [0.29, 0.717) is 70.6 Å². The molecule has 1 unspecified atom stereocenters. The lowest BCUT2D eigenvalue weighted by Crippen LogP contribution is -2.55. The van der Waals surface area contributed by atoms with Gasteiger partial charge in [-0.1, -0.05) is 81.4 Å². The summed E-state index contributed by atoms with van der Waals surface area (Å²) in [5, 5.41) is 24.8. The molecule has 0 saturated carbocycles. The lowest BCUT2D eigenvalue weighted by Gasteiger charge is -2.29. The molecule has 19 nitrogen and oxygen atoms in total. The summed E-state index contributed by atoms with van der Waals surface area (Å²) in [6.45, 7) is 14.2. The number of ketones is 2. The number of carboxylic acid groups (broad SMARTS) is 1. The minimum Gasteiger partial charge on any atom is -0.495 e. The van der Waals surface area contributed by atoms with Crippen molar-refractivity contribution < 1.29 is 62.3 Å². The molecule has 6 aromatic rings. The molecule has 0 radical (unpaired) electrons. The quantitative estimate of drug-likeness (QED) is 0.0144. The van der Waals surface area contributed by atoms with Crippen LogP contribution in [0.5, 0.6) is 34.5 Å². The largest absolute Gasteiger partial charge is 0.495 e. The highest BCUT2D eigenvalue weighted by molar-refractivity contribution is 6.03. The minimum absolute atomic E-state index is 0.0183. The fourth-order valence-corrected chi connectivity index (χ4v) is 8.88. The molecule has 0 saturated heterocycles. The van der Waals surface area contributed by atoms with E-state index in [9.17, 15) is 33.9 Å². The zero-order chi connectivity index (χ0) is 61.7. The molecular formula is C66H80N6O13. The number of rotatable bonds is 35. The Kier molecular flexibility index (Phi) is 23.7. The normalized spacial score (nSPS) is 11.9. The molecule has 0 bridgehead atoms. The second kappa shape index (κ2) is 30.8. The smallest absolute Gasteiger partial charge is 0.339 e. The van der Waals surface area contributed by atoms with Crippen LogP contribution in [-0.2, 0) is 29.3 Å². The number of hydrogen-bond acceptors (Lipinski definition) is 15. The summed E-state index contributed by atoms with van der Waals surface area (Å²) in [6.07, 6.45) is 2.39. The van der Waals surface area contributed by atoms with Gasteiger partial charge in [0.15, 0.2) is 23.1 Å². The molecular weight excluding hydrogens is 1080 g/mol. The van der Waals surface area contributed by atoms with Crippen LogP contribution in [0.3, 0.4) is 0 Å². The Hall–Kier alpha value is -8.62. The summed E-state index contributed by atoms with van der Waals surface area (Å²) >= 11 is 0. The molecule has 6 rings (SSSR count). The number of carbonyl (C=O) groups excluding carboxylic acids is 5. The number of amides is 3. The van der Waals surface area contributed by atoms with E-state index in [-0.39, 0.29) is 80.1 Å². The molecule has 6 aromatic carbocycles. The number of methoxy groups -OCH3 is 2. The Bertz CT molecular complexity index is 3270. The number of ether oxygens (including phenoxy) is 6. The number of hydrogen-bond donors (Lipinski definition) is 7. The average molecular weight is 1170 g/mol. The number of carboxylic acids is 1. The van der Waals surface area contributed by atoms with Gasteiger partial charge < -0.3 is 60.5 Å². The molecule has 8 N–H and O–H groups in total. The highest BCUT2D eigenvalue weighted by Crippen LogP contribution is 2.39. The molecule has 85 heavy (non-hydrogen) atoms. The van der Waals surface area contributed by atoms with Crippen molar-refractivity contribution in [1.82, 2.24) is 21.3 Å². The van der Waals surface area contributed by atoms with Crippen molar-refractivity contribution in [2.75, 3.05) is 65.6 Å². The maximum Gasteiger partial charge on any atom is 0.339 e. The second-order valence-electron chi connectivity index (χ2n) is 22.0. The summed E-state index contributed by atoms with van der Waals surface area (Å²) < 4.78 is 34.5. The summed E-state index contributed by atoms with van der Waals surface area (Å²) in [5.41, 5.74) is 8.46. The molecule has 0 spiro atoms. The predicted molar refractivity (Wildman–Crippen MR) is 327 cm³/mol. The van der Waals surface area contributed by atoms with E-state index in [0.717, 1.165) is 17.5 Å². The van der Waals surface area contributed by atoms with Gasteiger partial charge in [0.1, 0.15) is 41.2 Å². The van der Waals surface area contributed by atoms with Gasteiger partial charge >= 0.3 is 5.97 Å². The predicted octanol–water partition coefficient (Wildman–Crippen LogP) is 10.2. The van der Waals surface area contributed by atoms with Crippen LogP contribution in [-0.4, -0.2) is 118 Å². The minimum atomic E-state index is -1.11. The van der Waals surface area contributed by atoms with E-state index in [1.807, 2.05) is 36.4 Å². The third-order valence-corrected chi connectivity index (χ3v) is 14.6. The highest BCUT2D eigenvalue weighted by atomic mass is 16.5. The van der Waals surface area contributed by atoms with Crippen molar-refractivity contribution in [2.45, 2.75) is 96.7 Å². The van der Waals surface area contributed by atoms with Crippen LogP contribution in [0.1, 0.15) is 111 Å². The van der Waals surface area contributed by atoms with Gasteiger partial charge in [0, 0.05) is 12.1 Å². The van der Waals surface area contributed by atoms with Crippen molar-refractivity contribution in [3.8, 4) is 45.6 Å². The summed E-state index contributed by atoms with van der Waals surface area (Å²) in [5.74, 6) is -0.382. The number of carbonyl (C=O) groups is 6. The van der Waals surface area contributed by atoms with Crippen LogP contribution >= 0.6 is 0 Å². The number of nitrogens with two attached hydrogens (primary N) is 1. The number of anilines is 2. The van der Waals surface area contributed by atoms with E-state index < -0.39 is 34.9 Å². The number of unbranched alkanes of at least 4 members (excludes halogenated alkanes) is 1. The number of primary amides is 1. The number of aromatic carboxylic acids is 1. The first-order valence-corrected chi connectivity index (χ1v) is 28.3. The molecule has 0 aliphatic rings. The molecule has 0 aliphatic carbocycles. The molecule has 0 aromatic heterocycles. The van der Waals surface area contributed by atoms with Crippen molar-refractivity contribution in [1.29, 1.82) is 0 Å². The Morgan fingerprint density at radius 2 is 1.27 bits per heavy atom. The molecule has 3 amide bonds. The molecule has 0 aliphatic heterocycles. The summed E-state index contributed by atoms with van der Waals surface area (Å²) in [4.78, 5) is 77.1. The zero-order valence-corrected chi connectivity index (χ0v) is 50.0. The van der Waals surface area contributed by atoms with E-state index in [4.69, 9.17) is 34.2 Å². The van der Waals surface area contributed by atoms with Crippen LogP contribution in [0.4, 0.5) is 11.4 Å². The van der Waals surface area contributed by atoms with Gasteiger partial charge in [-0.15, -0.1) is 0 Å². The standard InChI is InChI=1S/C66H80N6O13/c1-10-64(2,3)46-27-29-47(30-28-46)84-48-19-17-18-45(38-48)60(75)66(6,7)70-41-58(73)65(4,5)69-33-16-15-23-53(61(67)76)72-59(74)42-83-37-36-82-35-34-68-62(77)49-20-11-13-22-51(49)71-52-31-25-43(39-56(52)80-8)44-26-32-55(57(40-44)81-9)85-54-24-14-12-21-50(54)63(78)79/h11-14,17-22,24-32,38-40,53,69-71H,10,15-16,23,33-37,41-42H2,1-9H3,(H2,67,76)(H,68,77)(H,72,74)(H,78,79). The lowest BCUT2D eigenvalue weighted by atomic mass is 9.82. The molecule has 0 heterocycles. The Morgan fingerprint density at radius 3 is 1.96 bits per heavy atom. The Balaban J connectivity index is 0.853. The first-order valence-electron chi connectivity index (χ1n) is 28.3. The van der Waals surface area contributed by atoms with Crippen LogP contribution in [0.2, 0.25) is 0 Å². The van der Waals surface area contributed by atoms with E-state index >= 15 is 0 Å². The molecule has 0 fully saturated rings. The topological polar surface area (TPSA) is 264 Å². The van der Waals surface area contributed by atoms with E-state index in [1.165, 1.54) is 18.7 Å². The lowest BCUT2D eigenvalue weighted by molar-refractivity contribution is -0.130. The van der Waals surface area contributed by atoms with Crippen molar-refractivity contribution >= 4 is 46.6 Å². The van der Waals surface area contributed by atoms with Gasteiger partial charge in [0.05, 0.1) is 68.6 Å². The number of para-hydroxylation sites is 2. The van der Waals surface area contributed by atoms with Crippen LogP contribution in [0.25, 0.3) is 11.1 Å². The van der Waals surface area contributed by atoms with Crippen LogP contribution < -0.4 is 51.3 Å². The van der Waals surface area contributed by atoms with E-state index in [2.05, 4.69) is 59.5 Å².